The number of likely N-dealkylation sites (N-methyl/N-ethyl adjacent to an activating group) is 1. The molecule has 156 valence electrons. The van der Waals surface area contributed by atoms with Crippen molar-refractivity contribution in [2.75, 3.05) is 20.2 Å². The van der Waals surface area contributed by atoms with Crippen LogP contribution in [0.15, 0.2) is 72.1 Å². The molecule has 3 rings (SSSR count). The van der Waals surface area contributed by atoms with Gasteiger partial charge in [-0.15, -0.1) is 11.3 Å². The molecule has 0 saturated carbocycles. The van der Waals surface area contributed by atoms with Crippen LogP contribution in [0.1, 0.15) is 20.8 Å². The summed E-state index contributed by atoms with van der Waals surface area (Å²) in [7, 11) is 1.73. The fourth-order valence-electron chi connectivity index (χ4n) is 3.00. The maximum absolute atomic E-state index is 13.1. The van der Waals surface area contributed by atoms with Gasteiger partial charge in [0.25, 0.3) is 5.91 Å². The van der Waals surface area contributed by atoms with Crippen molar-refractivity contribution in [3.63, 3.8) is 0 Å². The number of aryl methyl sites for hydroxylation is 1. The van der Waals surface area contributed by atoms with Gasteiger partial charge in [-0.05, 0) is 36.1 Å². The molecule has 1 N–H and O–H groups in total. The summed E-state index contributed by atoms with van der Waals surface area (Å²) in [5.74, 6) is 0.396. The molecule has 2 amide bonds. The monoisotopic (exact) mass is 422 g/mol. The lowest BCUT2D eigenvalue weighted by atomic mass is 10.0. The molecule has 3 aromatic rings. The molecular formula is C24H26N2O3S. The predicted molar refractivity (Wildman–Crippen MR) is 120 cm³/mol. The number of nitrogens with one attached hydrogen (secondary N) is 1. The molecule has 6 heteroatoms. The van der Waals surface area contributed by atoms with Crippen LogP contribution >= 0.6 is 11.3 Å². The van der Waals surface area contributed by atoms with E-state index in [1.165, 1.54) is 16.9 Å². The van der Waals surface area contributed by atoms with Crippen LogP contribution < -0.4 is 10.1 Å². The molecule has 1 aromatic heterocycles. The average molecular weight is 423 g/mol. The maximum Gasteiger partial charge on any atom is 0.262 e. The number of carbonyl (C=O) groups is 2. The van der Waals surface area contributed by atoms with E-state index in [4.69, 9.17) is 4.74 Å². The van der Waals surface area contributed by atoms with E-state index in [0.29, 0.717) is 24.4 Å². The SMILES string of the molecule is Cc1ccc(OCCN(C)C(=O)[C@H](Cc2ccccc2)NC(=O)c2cccs2)cc1. The predicted octanol–water partition coefficient (Wildman–Crippen LogP) is 3.94. The largest absolute Gasteiger partial charge is 0.492 e. The molecule has 0 spiro atoms. The first-order valence-electron chi connectivity index (χ1n) is 9.85. The van der Waals surface area contributed by atoms with Gasteiger partial charge in [0.2, 0.25) is 5.91 Å². The highest BCUT2D eigenvalue weighted by Gasteiger charge is 2.25. The third kappa shape index (κ3) is 6.19. The Morgan fingerprint density at radius 2 is 1.77 bits per heavy atom. The van der Waals surface area contributed by atoms with E-state index in [-0.39, 0.29) is 11.8 Å². The highest BCUT2D eigenvalue weighted by Crippen LogP contribution is 2.13. The van der Waals surface area contributed by atoms with Gasteiger partial charge in [0, 0.05) is 13.5 Å². The van der Waals surface area contributed by atoms with Crippen molar-refractivity contribution < 1.29 is 14.3 Å². The van der Waals surface area contributed by atoms with E-state index in [1.807, 2.05) is 73.0 Å². The fourth-order valence-corrected chi connectivity index (χ4v) is 3.62. The van der Waals surface area contributed by atoms with Gasteiger partial charge >= 0.3 is 0 Å². The van der Waals surface area contributed by atoms with Gasteiger partial charge in [0.05, 0.1) is 11.4 Å². The third-order valence-corrected chi connectivity index (χ3v) is 5.59. The zero-order chi connectivity index (χ0) is 21.3. The van der Waals surface area contributed by atoms with Gasteiger partial charge in [-0.1, -0.05) is 54.1 Å². The number of thiophene rings is 1. The summed E-state index contributed by atoms with van der Waals surface area (Å²) in [5.41, 5.74) is 2.16. The van der Waals surface area contributed by atoms with Crippen LogP contribution in [0.5, 0.6) is 5.75 Å². The number of carbonyl (C=O) groups excluding carboxylic acids is 2. The quantitative estimate of drug-likeness (QED) is 0.568. The number of benzene rings is 2. The Kier molecular flexibility index (Phi) is 7.63. The van der Waals surface area contributed by atoms with E-state index in [0.717, 1.165) is 11.3 Å². The van der Waals surface area contributed by atoms with Gasteiger partial charge in [-0.2, -0.15) is 0 Å². The fraction of sp³-hybridized carbons (Fsp3) is 0.250. The molecule has 0 bridgehead atoms. The highest BCUT2D eigenvalue weighted by molar-refractivity contribution is 7.12. The van der Waals surface area contributed by atoms with Gasteiger partial charge in [-0.25, -0.2) is 0 Å². The van der Waals surface area contributed by atoms with Crippen LogP contribution in [0.25, 0.3) is 0 Å². The lowest BCUT2D eigenvalue weighted by Crippen LogP contribution is -2.49. The minimum absolute atomic E-state index is 0.142. The summed E-state index contributed by atoms with van der Waals surface area (Å²) in [6.45, 7) is 2.82. The standard InChI is InChI=1S/C24H26N2O3S/c1-18-10-12-20(13-11-18)29-15-14-26(2)24(28)21(17-19-7-4-3-5-8-19)25-23(27)22-9-6-16-30-22/h3-13,16,21H,14-15,17H2,1-2H3,(H,25,27)/t21-/m0/s1. The summed E-state index contributed by atoms with van der Waals surface area (Å²) >= 11 is 1.35. The molecule has 1 atom stereocenters. The summed E-state index contributed by atoms with van der Waals surface area (Å²) < 4.78 is 5.74. The van der Waals surface area contributed by atoms with Crippen LogP contribution in [0.2, 0.25) is 0 Å². The Balaban J connectivity index is 1.62. The van der Waals surface area contributed by atoms with Crippen molar-refractivity contribution in [1.29, 1.82) is 0 Å². The van der Waals surface area contributed by atoms with Gasteiger partial charge in [0.1, 0.15) is 18.4 Å². The van der Waals surface area contributed by atoms with Crippen molar-refractivity contribution in [2.24, 2.45) is 0 Å². The minimum atomic E-state index is -0.647. The van der Waals surface area contributed by atoms with Crippen LogP contribution in [0.4, 0.5) is 0 Å². The van der Waals surface area contributed by atoms with E-state index >= 15 is 0 Å². The van der Waals surface area contributed by atoms with Crippen molar-refractivity contribution in [2.45, 2.75) is 19.4 Å². The van der Waals surface area contributed by atoms with Gasteiger partial charge in [0.15, 0.2) is 0 Å². The number of nitrogens with zero attached hydrogens (tertiary/aromatic N) is 1. The van der Waals surface area contributed by atoms with Gasteiger partial charge < -0.3 is 15.0 Å². The maximum atomic E-state index is 13.1. The second kappa shape index (κ2) is 10.6. The summed E-state index contributed by atoms with van der Waals surface area (Å²) in [4.78, 5) is 27.9. The summed E-state index contributed by atoms with van der Waals surface area (Å²) in [6, 6.07) is 20.4. The van der Waals surface area contributed by atoms with Crippen molar-refractivity contribution in [1.82, 2.24) is 10.2 Å². The summed E-state index contributed by atoms with van der Waals surface area (Å²) in [6.07, 6.45) is 0.431. The number of hydrogen-bond acceptors (Lipinski definition) is 4. The first-order valence-corrected chi connectivity index (χ1v) is 10.7. The van der Waals surface area contributed by atoms with Crippen molar-refractivity contribution in [3.8, 4) is 5.75 Å². The molecule has 0 radical (unpaired) electrons. The van der Waals surface area contributed by atoms with Gasteiger partial charge in [-0.3, -0.25) is 9.59 Å². The second-order valence-electron chi connectivity index (χ2n) is 7.11. The van der Waals surface area contributed by atoms with Crippen LogP contribution in [-0.2, 0) is 11.2 Å². The normalized spacial score (nSPS) is 11.5. The second-order valence-corrected chi connectivity index (χ2v) is 8.06. The molecule has 1 heterocycles. The van der Waals surface area contributed by atoms with Crippen LogP contribution in [0, 0.1) is 6.92 Å². The average Bonchev–Trinajstić information content (AvgIpc) is 3.30. The zero-order valence-electron chi connectivity index (χ0n) is 17.2. The molecule has 0 saturated heterocycles. The lowest BCUT2D eigenvalue weighted by Gasteiger charge is -2.25. The minimum Gasteiger partial charge on any atom is -0.492 e. The number of amides is 2. The lowest BCUT2D eigenvalue weighted by molar-refractivity contribution is -0.132. The van der Waals surface area contributed by atoms with E-state index in [2.05, 4.69) is 5.32 Å². The number of rotatable bonds is 9. The Labute approximate surface area is 181 Å². The Hall–Kier alpha value is -3.12. The Bertz CT molecular complexity index is 940. The first kappa shape index (κ1) is 21.6. The molecule has 2 aromatic carbocycles. The smallest absolute Gasteiger partial charge is 0.262 e. The molecule has 0 unspecified atom stereocenters. The molecule has 30 heavy (non-hydrogen) atoms. The topological polar surface area (TPSA) is 58.6 Å². The van der Waals surface area contributed by atoms with Crippen LogP contribution in [-0.4, -0.2) is 43.0 Å². The molecular weight excluding hydrogens is 396 g/mol. The molecule has 5 nitrogen and oxygen atoms in total. The third-order valence-electron chi connectivity index (χ3n) is 4.72. The number of hydrogen-bond donors (Lipinski definition) is 1. The Morgan fingerprint density at radius 1 is 1.03 bits per heavy atom. The molecule has 0 aliphatic rings. The van der Waals surface area contributed by atoms with Crippen molar-refractivity contribution >= 4 is 23.2 Å². The molecule has 0 aliphatic heterocycles. The Morgan fingerprint density at radius 3 is 2.43 bits per heavy atom. The van der Waals surface area contributed by atoms with E-state index < -0.39 is 6.04 Å². The van der Waals surface area contributed by atoms with Crippen LogP contribution in [0.3, 0.4) is 0 Å². The molecule has 0 aliphatic carbocycles. The summed E-state index contributed by atoms with van der Waals surface area (Å²) in [5, 5.41) is 4.75. The number of ether oxygens (including phenoxy) is 1. The van der Waals surface area contributed by atoms with E-state index in [9.17, 15) is 9.59 Å². The zero-order valence-corrected chi connectivity index (χ0v) is 18.0. The molecule has 0 fully saturated rings. The van der Waals surface area contributed by atoms with E-state index in [1.54, 1.807) is 18.0 Å². The first-order chi connectivity index (χ1) is 14.5. The van der Waals surface area contributed by atoms with Crippen molar-refractivity contribution in [3.05, 3.63) is 88.1 Å². The highest BCUT2D eigenvalue weighted by atomic mass is 32.1.